The third kappa shape index (κ3) is 17.6. The number of hydrogen-bond acceptors (Lipinski definition) is 18. The lowest BCUT2D eigenvalue weighted by molar-refractivity contribution is -0.134. The Kier molecular flexibility index (Phi) is 23.5. The van der Waals surface area contributed by atoms with E-state index >= 15 is 0 Å². The van der Waals surface area contributed by atoms with Gasteiger partial charge in [-0.25, -0.2) is 19.2 Å². The van der Waals surface area contributed by atoms with Crippen LogP contribution < -0.4 is 32.5 Å². The van der Waals surface area contributed by atoms with Crippen LogP contribution in [0.4, 0.5) is 9.59 Å². The van der Waals surface area contributed by atoms with Crippen molar-refractivity contribution in [1.29, 1.82) is 0 Å². The zero-order chi connectivity index (χ0) is 72.0. The Morgan fingerprint density at radius 1 is 0.480 bits per heavy atom. The number of aromatic hydroxyl groups is 2. The molecule has 0 bridgehead atoms. The smallest absolute Gasteiger partial charge is 0.508 e. The van der Waals surface area contributed by atoms with Crippen molar-refractivity contribution in [2.24, 2.45) is 41.2 Å². The number of carboxylic acids is 2. The molecular weight excluding hydrogens is 1310 g/mol. The number of aromatic carboxylic acids is 2. The fourth-order valence-electron chi connectivity index (χ4n) is 14.0. The highest BCUT2D eigenvalue weighted by atomic mass is 16.7. The quantitative estimate of drug-likeness (QED) is 0.0103. The maximum Gasteiger partial charge on any atom is 0.509 e. The molecule has 3 saturated carbocycles. The van der Waals surface area contributed by atoms with Crippen molar-refractivity contribution in [2.75, 3.05) is 39.4 Å². The molecule has 9 aliphatic rings. The summed E-state index contributed by atoms with van der Waals surface area (Å²) in [6.07, 6.45) is 10.5. The number of Topliss-reactive ketones (excluding diaryl/α,β-unsaturated/α-hetero) is 2. The first-order chi connectivity index (χ1) is 49.3. The predicted octanol–water partition coefficient (Wildman–Crippen LogP) is 11.7. The number of ketones is 2. The molecule has 2 aliphatic heterocycles. The third-order valence-electron chi connectivity index (χ3n) is 19.4. The van der Waals surface area contributed by atoms with Gasteiger partial charge in [-0.2, -0.15) is 0 Å². The van der Waals surface area contributed by atoms with E-state index in [9.17, 15) is 68.4 Å². The number of phenols is 2. The number of fused-ring (bicyclic) bond motifs is 6. The maximum atomic E-state index is 12.9. The summed E-state index contributed by atoms with van der Waals surface area (Å²) in [4.78, 5) is 121. The number of alkyl carbamates (subject to hydrolysis) is 1. The molecule has 3 amide bonds. The second-order valence-electron chi connectivity index (χ2n) is 26.0. The van der Waals surface area contributed by atoms with Gasteiger partial charge in [-0.15, -0.1) is 23.7 Å². The number of benzene rings is 6. The number of amides is 3. The lowest BCUT2D eigenvalue weighted by Gasteiger charge is -2.17. The van der Waals surface area contributed by atoms with E-state index in [-0.39, 0.29) is 92.0 Å². The number of ether oxygens (including phenoxy) is 3. The summed E-state index contributed by atoms with van der Waals surface area (Å²) in [5.41, 5.74) is 8.57. The highest BCUT2D eigenvalue weighted by Crippen LogP contribution is 2.54. The molecule has 9 N–H and O–H groups in total. The molecule has 0 spiro atoms. The van der Waals surface area contributed by atoms with Crippen molar-refractivity contribution in [1.82, 2.24) is 16.0 Å². The highest BCUT2D eigenvalue weighted by Gasteiger charge is 2.50. The minimum absolute atomic E-state index is 0.0308. The molecule has 23 nitrogen and oxygen atoms in total. The predicted molar refractivity (Wildman–Crippen MR) is 376 cm³/mol. The molecule has 4 aromatic carbocycles. The Labute approximate surface area is 586 Å². The Morgan fingerprint density at radius 2 is 0.892 bits per heavy atom. The van der Waals surface area contributed by atoms with Crippen molar-refractivity contribution in [3.63, 3.8) is 0 Å². The van der Waals surface area contributed by atoms with Gasteiger partial charge in [0, 0.05) is 127 Å². The molecule has 0 saturated heterocycles. The van der Waals surface area contributed by atoms with Gasteiger partial charge in [0.1, 0.15) is 34.2 Å². The van der Waals surface area contributed by atoms with E-state index in [0.29, 0.717) is 131 Å². The highest BCUT2D eigenvalue weighted by molar-refractivity contribution is 6.13. The second-order valence-corrected chi connectivity index (χ2v) is 26.0. The number of hydrogen-bond donors (Lipinski definition) is 8. The van der Waals surface area contributed by atoms with Gasteiger partial charge < -0.3 is 65.2 Å². The van der Waals surface area contributed by atoms with Gasteiger partial charge in [0.05, 0.1) is 24.3 Å². The number of unbranched alkanes of at least 4 members (excludes halogenated alkanes) is 4. The summed E-state index contributed by atoms with van der Waals surface area (Å²) in [5.74, 6) is 12.5. The standard InChI is InChI=1S/C37H36N2O8.C26H24N2O6.C16H18O5/c40-23-11-14-28-32(19-23)47-33-20-24(41)12-15-29(33)34(28)27-13-10-22(18-30(27)36(43)44)35(42)38-16-6-3-7-17-39-37(45)46-21-31-25-8-4-1-2-5-9-26(25)31;27-10-2-1-3-11-28-25(31)15-4-7-18(21(12-15)26(32)33)24-19-8-5-16(29)13-22(19)34-23-14-17(30)6-9-20(23)24;17-13-7-8-14(18)15(13)21-16(19)20-9-12-10-5-3-1-2-4-6-11(10)12/h10-15,18-20,25-26,31,40H,3-9,16-17,21H2,(H,38,42)(H,39,45)(H,43,44);4-9,12-14,29H,1-3,10-11,27H2,(H,28,31)(H,32,33);10-12,15H,3-9H2/t25-,26+,31?;;10-,11+,12?. The van der Waals surface area contributed by atoms with Crippen molar-refractivity contribution in [3.8, 4) is 80.1 Å². The molecule has 102 heavy (non-hydrogen) atoms. The summed E-state index contributed by atoms with van der Waals surface area (Å²) in [7, 11) is 0. The van der Waals surface area contributed by atoms with E-state index < -0.39 is 36.2 Å². The number of rotatable bonds is 22. The number of nitrogens with two attached hydrogens (primary N) is 1. The van der Waals surface area contributed by atoms with E-state index in [1.165, 1.54) is 60.7 Å². The van der Waals surface area contributed by atoms with E-state index in [0.717, 1.165) is 83.5 Å². The van der Waals surface area contributed by atoms with Crippen molar-refractivity contribution < 1.29 is 81.8 Å². The van der Waals surface area contributed by atoms with Gasteiger partial charge >= 0.3 is 24.2 Å². The van der Waals surface area contributed by atoms with Crippen LogP contribution in [-0.4, -0.2) is 113 Å². The summed E-state index contributed by atoms with van der Waals surface area (Å²) < 4.78 is 27.1. The Bertz CT molecular complexity index is 4670. The van der Waals surface area contributed by atoms with Crippen molar-refractivity contribution in [3.05, 3.63) is 152 Å². The lowest BCUT2D eigenvalue weighted by atomic mass is 9.90. The average Bonchev–Trinajstić information content (AvgIpc) is 1.69. The van der Waals surface area contributed by atoms with Crippen LogP contribution in [0.2, 0.25) is 0 Å². The lowest BCUT2D eigenvalue weighted by Crippen LogP contribution is -2.29. The van der Waals surface area contributed by atoms with E-state index in [4.69, 9.17) is 28.8 Å². The molecule has 0 radical (unpaired) electrons. The number of phenolic OH excluding ortho intramolecular Hbond substituents is 2. The summed E-state index contributed by atoms with van der Waals surface area (Å²) in [5, 5.41) is 49.6. The first-order valence-corrected chi connectivity index (χ1v) is 34.5. The van der Waals surface area contributed by atoms with Gasteiger partial charge in [-0.1, -0.05) is 18.6 Å². The first-order valence-electron chi connectivity index (χ1n) is 34.5. The van der Waals surface area contributed by atoms with Gasteiger partial charge in [-0.05, 0) is 184 Å². The second kappa shape index (κ2) is 33.2. The molecule has 2 unspecified atom stereocenters. The Balaban J connectivity index is 0.000000166. The van der Waals surface area contributed by atoms with Gasteiger partial charge in [0.2, 0.25) is 6.10 Å². The topological polar surface area (TPSA) is 368 Å². The van der Waals surface area contributed by atoms with Crippen LogP contribution >= 0.6 is 0 Å². The summed E-state index contributed by atoms with van der Waals surface area (Å²) >= 11 is 0. The van der Waals surface area contributed by atoms with Crippen LogP contribution in [0.25, 0.3) is 66.8 Å². The Morgan fingerprint density at radius 3 is 1.32 bits per heavy atom. The zero-order valence-corrected chi connectivity index (χ0v) is 56.0. The first kappa shape index (κ1) is 72.0. The fraction of sp³-hybridized carbons (Fsp3) is 0.367. The summed E-state index contributed by atoms with van der Waals surface area (Å²) in [6, 6.07) is 26.5. The van der Waals surface area contributed by atoms with Gasteiger partial charge in [0.15, 0.2) is 22.4 Å². The van der Waals surface area contributed by atoms with Crippen molar-refractivity contribution in [2.45, 2.75) is 109 Å². The van der Waals surface area contributed by atoms with Gasteiger partial charge in [0.25, 0.3) is 11.8 Å². The van der Waals surface area contributed by atoms with E-state index in [2.05, 4.69) is 39.6 Å². The minimum atomic E-state index is -1.24. The molecular formula is C79H78N4O19. The maximum absolute atomic E-state index is 12.9. The van der Waals surface area contributed by atoms with E-state index in [1.807, 2.05) is 0 Å². The number of carbonyl (C=O) groups excluding carboxylic acids is 6. The van der Waals surface area contributed by atoms with Crippen LogP contribution in [0.5, 0.6) is 11.5 Å². The molecule has 13 rings (SSSR count). The van der Waals surface area contributed by atoms with Crippen molar-refractivity contribution >= 4 is 69.5 Å². The number of carbonyl (C=O) groups is 8. The molecule has 23 heteroatoms. The summed E-state index contributed by atoms with van der Waals surface area (Å²) in [6.45, 7) is 2.70. The monoisotopic (exact) mass is 1390 g/mol. The van der Waals surface area contributed by atoms with Crippen LogP contribution in [0, 0.1) is 59.2 Å². The molecule has 0 aromatic heterocycles. The zero-order valence-electron chi connectivity index (χ0n) is 56.0. The fourth-order valence-corrected chi connectivity index (χ4v) is 14.0. The van der Waals surface area contributed by atoms with Crippen LogP contribution in [0.3, 0.4) is 0 Å². The SMILES string of the molecule is NCCCCCNC(=O)c1ccc(-c2c3ccc(=O)cc-3oc3cc(O)ccc23)c(C(=O)O)c1.O=C(NCCCCCNC(=O)c1ccc(-c2c3ccc(=O)cc-3oc3cc(O)ccc23)c(C(=O)O)c1)OCC1[C@H]2CCC#CCC[C@@H]12.O=C(OCC1[C@H]2CCC#CCC[C@@H]12)OC1C(=O)CCC1=O. The normalized spacial score (nSPS) is 18.6. The van der Waals surface area contributed by atoms with Gasteiger partial charge in [-0.3, -0.25) is 28.8 Å². The molecule has 4 aromatic rings. The van der Waals surface area contributed by atoms with Crippen LogP contribution in [0.1, 0.15) is 144 Å². The molecule has 6 atom stereocenters. The number of carboxylic acid groups (broad SMARTS) is 2. The minimum Gasteiger partial charge on any atom is -0.508 e. The van der Waals surface area contributed by atoms with Crippen LogP contribution in [-0.2, 0) is 23.8 Å². The van der Waals surface area contributed by atoms with E-state index in [1.54, 1.807) is 48.5 Å². The van der Waals surface area contributed by atoms with Crippen LogP contribution in [0.15, 0.2) is 128 Å². The Hall–Kier alpha value is -11.3. The largest absolute Gasteiger partial charge is 0.509 e. The number of nitrogens with one attached hydrogen (secondary N) is 3. The molecule has 7 aliphatic carbocycles. The molecule has 528 valence electrons. The third-order valence-corrected chi connectivity index (χ3v) is 19.4. The molecule has 2 heterocycles. The molecule has 3 fully saturated rings. The average molecular weight is 1390 g/mol.